The van der Waals surface area contributed by atoms with Gasteiger partial charge in [0.25, 0.3) is 0 Å². The summed E-state index contributed by atoms with van der Waals surface area (Å²) in [7, 11) is 1.01. The maximum absolute atomic E-state index is 12.4. The second-order valence-electron chi connectivity index (χ2n) is 5.64. The highest BCUT2D eigenvalue weighted by Gasteiger charge is 2.45. The molecule has 0 unspecified atom stereocenters. The van der Waals surface area contributed by atoms with Gasteiger partial charge in [0, 0.05) is 0 Å². The summed E-state index contributed by atoms with van der Waals surface area (Å²) < 4.78 is 46.8. The van der Waals surface area contributed by atoms with E-state index < -0.39 is 41.6 Å². The smallest absolute Gasteiger partial charge is 0.469 e. The number of carbonyl (C=O) groups is 3. The molecule has 0 aliphatic rings. The van der Waals surface area contributed by atoms with E-state index in [1.54, 1.807) is 0 Å². The van der Waals surface area contributed by atoms with Gasteiger partial charge in [-0.05, 0) is 27.2 Å². The first-order chi connectivity index (χ1) is 10.3. The Hall–Kier alpha value is -2.06. The number of ether oxygens (including phenoxy) is 2. The van der Waals surface area contributed by atoms with Gasteiger partial charge in [-0.2, -0.15) is 13.2 Å². The van der Waals surface area contributed by atoms with Crippen LogP contribution in [0.1, 0.15) is 27.2 Å². The number of methoxy groups -OCH3 is 1. The number of hydrogen-bond donors (Lipinski definition) is 1. The molecule has 9 heteroatoms. The predicted molar refractivity (Wildman–Crippen MR) is 74.2 cm³/mol. The largest absolute Gasteiger partial charge is 0.471 e. The van der Waals surface area contributed by atoms with Crippen molar-refractivity contribution in [3.63, 3.8) is 0 Å². The number of nitrogens with one attached hydrogen (secondary N) is 1. The Kier molecular flexibility index (Phi) is 7.26. The fraction of sp³-hybridized carbons (Fsp3) is 0.643. The van der Waals surface area contributed by atoms with Gasteiger partial charge in [-0.3, -0.25) is 9.59 Å². The standard InChI is InChI=1S/C14H20F3NO5/c1-6-7-8(10(19)22-5)9(11(20)23-13(2,3)4)18-12(21)14(15,16)17/h6,8-9H,1,7H2,2-5H3,(H,18,21)/t8-,9+/m0/s1. The summed E-state index contributed by atoms with van der Waals surface area (Å²) >= 11 is 0. The van der Waals surface area contributed by atoms with E-state index >= 15 is 0 Å². The average molecular weight is 339 g/mol. The van der Waals surface area contributed by atoms with Crippen LogP contribution in [0.25, 0.3) is 0 Å². The molecular weight excluding hydrogens is 319 g/mol. The maximum Gasteiger partial charge on any atom is 0.471 e. The topological polar surface area (TPSA) is 81.7 Å². The van der Waals surface area contributed by atoms with Crippen LogP contribution >= 0.6 is 0 Å². The summed E-state index contributed by atoms with van der Waals surface area (Å²) in [4.78, 5) is 35.0. The number of rotatable bonds is 6. The summed E-state index contributed by atoms with van der Waals surface area (Å²) in [6.07, 6.45) is -4.18. The molecule has 0 aliphatic heterocycles. The molecule has 1 amide bonds. The monoisotopic (exact) mass is 339 g/mol. The summed E-state index contributed by atoms with van der Waals surface area (Å²) in [6.45, 7) is 7.85. The Labute approximate surface area is 132 Å². The van der Waals surface area contributed by atoms with Gasteiger partial charge in [0.05, 0.1) is 13.0 Å². The molecule has 2 atom stereocenters. The van der Waals surface area contributed by atoms with Crippen LogP contribution in [0.4, 0.5) is 13.2 Å². The van der Waals surface area contributed by atoms with Gasteiger partial charge in [0.15, 0.2) is 0 Å². The van der Waals surface area contributed by atoms with Gasteiger partial charge >= 0.3 is 24.0 Å². The third-order valence-corrected chi connectivity index (χ3v) is 2.53. The Morgan fingerprint density at radius 2 is 1.70 bits per heavy atom. The molecule has 1 N–H and O–H groups in total. The van der Waals surface area contributed by atoms with Crippen molar-refractivity contribution in [2.24, 2.45) is 5.92 Å². The van der Waals surface area contributed by atoms with Crippen LogP contribution in [0.2, 0.25) is 0 Å². The van der Waals surface area contributed by atoms with Crippen LogP contribution in [-0.4, -0.2) is 42.8 Å². The average Bonchev–Trinajstić information content (AvgIpc) is 2.38. The Balaban J connectivity index is 5.57. The molecular formula is C14H20F3NO5. The number of hydrogen-bond acceptors (Lipinski definition) is 5. The lowest BCUT2D eigenvalue weighted by molar-refractivity contribution is -0.179. The number of carbonyl (C=O) groups excluding carboxylic acids is 3. The Bertz CT molecular complexity index is 468. The van der Waals surface area contributed by atoms with Crippen LogP contribution in [0, 0.1) is 5.92 Å². The van der Waals surface area contributed by atoms with Crippen molar-refractivity contribution in [2.45, 2.75) is 45.0 Å². The lowest BCUT2D eigenvalue weighted by Gasteiger charge is -2.28. The number of amides is 1. The zero-order chi connectivity index (χ0) is 18.4. The molecule has 0 aromatic heterocycles. The summed E-state index contributed by atoms with van der Waals surface area (Å²) in [5.41, 5.74) is -1.02. The highest BCUT2D eigenvalue weighted by molar-refractivity contribution is 5.91. The molecule has 132 valence electrons. The van der Waals surface area contributed by atoms with E-state index in [-0.39, 0.29) is 6.42 Å². The molecule has 0 aromatic rings. The van der Waals surface area contributed by atoms with Gasteiger partial charge in [-0.1, -0.05) is 6.08 Å². The highest BCUT2D eigenvalue weighted by atomic mass is 19.4. The molecule has 0 heterocycles. The summed E-state index contributed by atoms with van der Waals surface area (Å²) in [6, 6.07) is -1.85. The lowest BCUT2D eigenvalue weighted by Crippen LogP contribution is -2.54. The molecule has 0 rings (SSSR count). The van der Waals surface area contributed by atoms with Crippen molar-refractivity contribution in [3.8, 4) is 0 Å². The first kappa shape index (κ1) is 20.9. The van der Waals surface area contributed by atoms with E-state index in [9.17, 15) is 27.6 Å². The maximum atomic E-state index is 12.4. The molecule has 0 fully saturated rings. The molecule has 0 saturated carbocycles. The zero-order valence-electron chi connectivity index (χ0n) is 13.3. The molecule has 0 radical (unpaired) electrons. The van der Waals surface area contributed by atoms with Crippen molar-refractivity contribution >= 4 is 17.8 Å². The third kappa shape index (κ3) is 7.16. The SMILES string of the molecule is C=CC[C@H](C(=O)OC)[C@@H](NC(=O)C(F)(F)F)C(=O)OC(C)(C)C. The van der Waals surface area contributed by atoms with E-state index in [1.807, 2.05) is 0 Å². The van der Waals surface area contributed by atoms with E-state index in [2.05, 4.69) is 11.3 Å². The number of allylic oxidation sites excluding steroid dienone is 1. The molecule has 23 heavy (non-hydrogen) atoms. The van der Waals surface area contributed by atoms with Crippen molar-refractivity contribution in [3.05, 3.63) is 12.7 Å². The van der Waals surface area contributed by atoms with Crippen molar-refractivity contribution in [2.75, 3.05) is 7.11 Å². The van der Waals surface area contributed by atoms with Crippen molar-refractivity contribution in [1.29, 1.82) is 0 Å². The molecule has 6 nitrogen and oxygen atoms in total. The Morgan fingerprint density at radius 1 is 1.17 bits per heavy atom. The fourth-order valence-corrected chi connectivity index (χ4v) is 1.61. The van der Waals surface area contributed by atoms with E-state index in [4.69, 9.17) is 4.74 Å². The minimum atomic E-state index is -5.21. The molecule has 0 aliphatic carbocycles. The molecule has 0 aromatic carbocycles. The second-order valence-corrected chi connectivity index (χ2v) is 5.64. The molecule has 0 saturated heterocycles. The van der Waals surface area contributed by atoms with Crippen LogP contribution in [0.5, 0.6) is 0 Å². The van der Waals surface area contributed by atoms with Gasteiger partial charge in [0.1, 0.15) is 11.6 Å². The highest BCUT2D eigenvalue weighted by Crippen LogP contribution is 2.20. The van der Waals surface area contributed by atoms with Crippen LogP contribution in [0.3, 0.4) is 0 Å². The van der Waals surface area contributed by atoms with Gasteiger partial charge in [-0.15, -0.1) is 6.58 Å². The summed E-state index contributed by atoms with van der Waals surface area (Å²) in [5.74, 6) is -5.89. The van der Waals surface area contributed by atoms with Gasteiger partial charge < -0.3 is 14.8 Å². The van der Waals surface area contributed by atoms with E-state index in [0.29, 0.717) is 0 Å². The predicted octanol–water partition coefficient (Wildman–Crippen LogP) is 1.74. The summed E-state index contributed by atoms with van der Waals surface area (Å²) in [5, 5.41) is 1.49. The van der Waals surface area contributed by atoms with Gasteiger partial charge in [-0.25, -0.2) is 4.79 Å². The quantitative estimate of drug-likeness (QED) is 0.589. The zero-order valence-corrected chi connectivity index (χ0v) is 13.3. The number of halogens is 3. The first-order valence-electron chi connectivity index (χ1n) is 6.62. The van der Waals surface area contributed by atoms with Crippen LogP contribution < -0.4 is 5.32 Å². The van der Waals surface area contributed by atoms with Crippen molar-refractivity contribution < 1.29 is 37.0 Å². The normalized spacial score (nSPS) is 14.4. The van der Waals surface area contributed by atoms with Crippen molar-refractivity contribution in [1.82, 2.24) is 5.32 Å². The van der Waals surface area contributed by atoms with E-state index in [1.165, 1.54) is 32.2 Å². The van der Waals surface area contributed by atoms with Crippen LogP contribution in [-0.2, 0) is 23.9 Å². The number of alkyl halides is 3. The number of esters is 2. The first-order valence-corrected chi connectivity index (χ1v) is 6.62. The minimum absolute atomic E-state index is 0.186. The minimum Gasteiger partial charge on any atom is -0.469 e. The fourth-order valence-electron chi connectivity index (χ4n) is 1.61. The second kappa shape index (κ2) is 7.98. The molecule has 0 spiro atoms. The molecule has 0 bridgehead atoms. The third-order valence-electron chi connectivity index (χ3n) is 2.53. The van der Waals surface area contributed by atoms with E-state index in [0.717, 1.165) is 7.11 Å². The van der Waals surface area contributed by atoms with Crippen LogP contribution in [0.15, 0.2) is 12.7 Å². The lowest BCUT2D eigenvalue weighted by atomic mass is 9.95. The Morgan fingerprint density at radius 3 is 2.04 bits per heavy atom. The van der Waals surface area contributed by atoms with Gasteiger partial charge in [0.2, 0.25) is 0 Å².